The third kappa shape index (κ3) is 11.0. The quantitative estimate of drug-likeness (QED) is 0.423. The molecule has 3 heteroatoms. The van der Waals surface area contributed by atoms with Gasteiger partial charge >= 0.3 is 25.8 Å². The molecule has 3 aromatic carbocycles. The van der Waals surface area contributed by atoms with Gasteiger partial charge in [-0.15, -0.1) is 37.4 Å². The number of hydrogen-bond donors (Lipinski definition) is 0. The first-order valence-electron chi connectivity index (χ1n) is 10.5. The largest absolute Gasteiger partial charge is 3.00 e. The first-order valence-corrected chi connectivity index (χ1v) is 10.5. The minimum absolute atomic E-state index is 0. The molecule has 0 atom stereocenters. The van der Waals surface area contributed by atoms with Crippen molar-refractivity contribution in [2.45, 2.75) is 34.6 Å². The molecule has 0 heterocycles. The Morgan fingerprint density at radius 2 is 0.871 bits per heavy atom. The van der Waals surface area contributed by atoms with Crippen molar-refractivity contribution >= 4 is 0 Å². The summed E-state index contributed by atoms with van der Waals surface area (Å²) in [6.07, 6.45) is 0. The van der Waals surface area contributed by atoms with Crippen molar-refractivity contribution < 1.29 is 25.8 Å². The van der Waals surface area contributed by atoms with Gasteiger partial charge in [0.25, 0.3) is 0 Å². The fourth-order valence-electron chi connectivity index (χ4n) is 3.08. The van der Waals surface area contributed by atoms with Crippen molar-refractivity contribution in [1.29, 1.82) is 0 Å². The molecule has 0 bridgehead atoms. The van der Waals surface area contributed by atoms with Crippen LogP contribution in [0.1, 0.15) is 38.9 Å². The molecule has 0 aliphatic heterocycles. The van der Waals surface area contributed by atoms with E-state index in [1.807, 2.05) is 74.4 Å². The molecule has 0 radical (unpaired) electrons. The van der Waals surface area contributed by atoms with Crippen molar-refractivity contribution in [2.75, 3.05) is 28.2 Å². The van der Waals surface area contributed by atoms with E-state index in [4.69, 9.17) is 0 Å². The normalized spacial score (nSPS) is 9.77. The standard InChI is InChI=1S/C10H15.2C9H12N.Sc/c1-6-7(2)9(4)10(5)8(6)3;2*1-10(2)8-9-6-4-3-5-7-9;/h1-5H3;2*3-8H,1-2H3;/q3*-1;+3. The van der Waals surface area contributed by atoms with Crippen LogP contribution in [-0.2, 0) is 25.8 Å². The molecule has 0 aromatic heterocycles. The molecular weight excluding hydrogens is 409 g/mol. The summed E-state index contributed by atoms with van der Waals surface area (Å²) in [5.41, 5.74) is 9.82. The van der Waals surface area contributed by atoms with Crippen molar-refractivity contribution in [2.24, 2.45) is 0 Å². The van der Waals surface area contributed by atoms with Gasteiger partial charge in [-0.25, -0.2) is 0 Å². The van der Waals surface area contributed by atoms with Crippen LogP contribution in [0.4, 0.5) is 0 Å². The fraction of sp³-hybridized carbons (Fsp3) is 0.321. The van der Waals surface area contributed by atoms with Gasteiger partial charge in [-0.05, 0) is 28.2 Å². The number of nitrogens with zero attached hydrogens (tertiary/aromatic N) is 2. The molecule has 0 saturated heterocycles. The molecular formula is C28H39N2Sc. The Morgan fingerprint density at radius 1 is 0.581 bits per heavy atom. The summed E-state index contributed by atoms with van der Waals surface area (Å²) >= 11 is 0. The van der Waals surface area contributed by atoms with Gasteiger partial charge < -0.3 is 9.80 Å². The molecule has 0 unspecified atom stereocenters. The van der Waals surface area contributed by atoms with E-state index < -0.39 is 0 Å². The van der Waals surface area contributed by atoms with Crippen LogP contribution in [0.5, 0.6) is 0 Å². The summed E-state index contributed by atoms with van der Waals surface area (Å²) < 4.78 is 0. The molecule has 3 rings (SSSR count). The molecule has 31 heavy (non-hydrogen) atoms. The molecule has 0 fully saturated rings. The number of hydrogen-bond acceptors (Lipinski definition) is 2. The van der Waals surface area contributed by atoms with E-state index >= 15 is 0 Å². The Labute approximate surface area is 210 Å². The molecule has 0 aliphatic rings. The van der Waals surface area contributed by atoms with Crippen molar-refractivity contribution in [1.82, 2.24) is 9.80 Å². The monoisotopic (exact) mass is 448 g/mol. The van der Waals surface area contributed by atoms with E-state index in [-0.39, 0.29) is 25.8 Å². The maximum absolute atomic E-state index is 2.20. The summed E-state index contributed by atoms with van der Waals surface area (Å²) in [6, 6.07) is 20.5. The van der Waals surface area contributed by atoms with E-state index in [1.54, 1.807) is 0 Å². The van der Waals surface area contributed by atoms with Gasteiger partial charge in [0.2, 0.25) is 0 Å². The van der Waals surface area contributed by atoms with Crippen LogP contribution < -0.4 is 0 Å². The maximum atomic E-state index is 2.20. The van der Waals surface area contributed by atoms with Crippen molar-refractivity contribution in [3.63, 3.8) is 0 Å². The van der Waals surface area contributed by atoms with Crippen molar-refractivity contribution in [3.8, 4) is 0 Å². The average Bonchev–Trinajstić information content (AvgIpc) is 2.87. The summed E-state index contributed by atoms with van der Waals surface area (Å²) in [6.45, 7) is 15.2. The van der Waals surface area contributed by atoms with Crippen LogP contribution in [0.2, 0.25) is 0 Å². The van der Waals surface area contributed by atoms with E-state index in [1.165, 1.54) is 38.9 Å². The minimum atomic E-state index is 0. The third-order valence-electron chi connectivity index (χ3n) is 5.23. The Morgan fingerprint density at radius 3 is 1.06 bits per heavy atom. The molecule has 0 spiro atoms. The predicted molar refractivity (Wildman–Crippen MR) is 133 cm³/mol. The zero-order valence-corrected chi connectivity index (χ0v) is 22.7. The van der Waals surface area contributed by atoms with Gasteiger partial charge in [0.15, 0.2) is 0 Å². The Kier molecular flexibility index (Phi) is 14.4. The number of rotatable bonds is 4. The molecule has 3 aromatic rings. The summed E-state index contributed by atoms with van der Waals surface area (Å²) in [5, 5.41) is 0. The van der Waals surface area contributed by atoms with Crippen LogP contribution in [0.25, 0.3) is 0 Å². The summed E-state index contributed by atoms with van der Waals surface area (Å²) in [7, 11) is 8.08. The minimum Gasteiger partial charge on any atom is -0.339 e. The zero-order valence-electron chi connectivity index (χ0n) is 20.9. The smallest absolute Gasteiger partial charge is 0.339 e. The second-order valence-corrected chi connectivity index (χ2v) is 8.13. The second-order valence-electron chi connectivity index (χ2n) is 8.13. The van der Waals surface area contributed by atoms with Gasteiger partial charge in [0, 0.05) is 0 Å². The zero-order chi connectivity index (χ0) is 22.7. The van der Waals surface area contributed by atoms with Crippen molar-refractivity contribution in [3.05, 3.63) is 113 Å². The SMILES string of the molecule is CN(C)[CH-]c1ccccc1.CN(C)[CH-]c1ccccc1.Cc1c(C)c(C)[c-](C)c1C.[Sc+3]. The molecule has 164 valence electrons. The first kappa shape index (κ1) is 29.3. The topological polar surface area (TPSA) is 6.48 Å². The van der Waals surface area contributed by atoms with E-state index in [2.05, 4.69) is 72.0 Å². The molecule has 2 nitrogen and oxygen atoms in total. The van der Waals surface area contributed by atoms with Crippen LogP contribution in [-0.4, -0.2) is 38.0 Å². The fourth-order valence-corrected chi connectivity index (χ4v) is 3.08. The van der Waals surface area contributed by atoms with E-state index in [0.717, 1.165) is 0 Å². The average molecular weight is 449 g/mol. The molecule has 0 aliphatic carbocycles. The van der Waals surface area contributed by atoms with Crippen LogP contribution in [0, 0.1) is 47.7 Å². The van der Waals surface area contributed by atoms with E-state index in [9.17, 15) is 0 Å². The van der Waals surface area contributed by atoms with Crippen LogP contribution in [0.3, 0.4) is 0 Å². The second kappa shape index (κ2) is 15.2. The third-order valence-corrected chi connectivity index (χ3v) is 5.23. The Balaban J connectivity index is 0.000000429. The first-order chi connectivity index (χ1) is 14.1. The molecule has 0 N–H and O–H groups in total. The predicted octanol–water partition coefficient (Wildman–Crippen LogP) is 6.46. The number of benzene rings is 2. The Bertz CT molecular complexity index is 724. The van der Waals surface area contributed by atoms with Crippen LogP contribution >= 0.6 is 0 Å². The van der Waals surface area contributed by atoms with Crippen LogP contribution in [0.15, 0.2) is 60.7 Å². The molecule has 0 saturated carbocycles. The maximum Gasteiger partial charge on any atom is 3.00 e. The van der Waals surface area contributed by atoms with Gasteiger partial charge in [-0.1, -0.05) is 46.8 Å². The van der Waals surface area contributed by atoms with E-state index in [0.29, 0.717) is 0 Å². The summed E-state index contributed by atoms with van der Waals surface area (Å²) in [4.78, 5) is 4.07. The summed E-state index contributed by atoms with van der Waals surface area (Å²) in [5.74, 6) is 0. The van der Waals surface area contributed by atoms with Gasteiger partial charge in [0.05, 0.1) is 0 Å². The van der Waals surface area contributed by atoms with Gasteiger partial charge in [0.1, 0.15) is 0 Å². The Hall–Kier alpha value is -1.68. The molecule has 0 amide bonds. The van der Waals surface area contributed by atoms with Gasteiger partial charge in [-0.3, -0.25) is 0 Å². The van der Waals surface area contributed by atoms with Gasteiger partial charge in [-0.2, -0.15) is 63.2 Å².